The van der Waals surface area contributed by atoms with E-state index < -0.39 is 0 Å². The number of aliphatic hydroxyl groups excluding tert-OH is 1. The smallest absolute Gasteiger partial charge is 0.0723 e. The molecule has 0 bridgehead atoms. The zero-order chi connectivity index (χ0) is 11.4. The zero-order valence-corrected chi connectivity index (χ0v) is 10.1. The predicted molar refractivity (Wildman–Crippen MR) is 67.7 cm³/mol. The molecule has 2 heteroatoms. The summed E-state index contributed by atoms with van der Waals surface area (Å²) in [7, 11) is 0. The molecule has 0 saturated carbocycles. The molecule has 1 unspecified atom stereocenters. The van der Waals surface area contributed by atoms with Crippen LogP contribution in [-0.2, 0) is 6.42 Å². The molecular weight excluding hydrogens is 220 g/mol. The van der Waals surface area contributed by atoms with Crippen LogP contribution in [0.1, 0.15) is 31.2 Å². The van der Waals surface area contributed by atoms with E-state index in [1.807, 2.05) is 24.3 Å². The van der Waals surface area contributed by atoms with Gasteiger partial charge in [0.05, 0.1) is 6.10 Å². The lowest BCUT2D eigenvalue weighted by Gasteiger charge is -2.08. The molecule has 0 amide bonds. The second kappa shape index (κ2) is 5.51. The molecule has 0 saturated heterocycles. The number of hydrogen-bond donors (Lipinski definition) is 1. The lowest BCUT2D eigenvalue weighted by molar-refractivity contribution is 0.211. The van der Waals surface area contributed by atoms with Crippen molar-refractivity contribution in [3.05, 3.63) is 46.5 Å². The van der Waals surface area contributed by atoms with Crippen LogP contribution < -0.4 is 0 Å². The molecule has 86 valence electrons. The molecule has 1 aromatic rings. The fraction of sp³-hybridized carbons (Fsp3) is 0.429. The Morgan fingerprint density at radius 2 is 2.06 bits per heavy atom. The highest BCUT2D eigenvalue weighted by Crippen LogP contribution is 2.24. The lowest BCUT2D eigenvalue weighted by Crippen LogP contribution is -2.01. The minimum Gasteiger partial charge on any atom is -0.389 e. The van der Waals surface area contributed by atoms with Gasteiger partial charge in [-0.3, -0.25) is 0 Å². The van der Waals surface area contributed by atoms with Gasteiger partial charge in [-0.2, -0.15) is 0 Å². The van der Waals surface area contributed by atoms with Gasteiger partial charge in [-0.05, 0) is 37.3 Å². The van der Waals surface area contributed by atoms with E-state index in [0.717, 1.165) is 36.3 Å². The molecule has 1 nitrogen and oxygen atoms in total. The first-order valence-corrected chi connectivity index (χ1v) is 6.24. The number of rotatable bonds is 2. The summed E-state index contributed by atoms with van der Waals surface area (Å²) in [5.74, 6) is 0. The van der Waals surface area contributed by atoms with Gasteiger partial charge >= 0.3 is 0 Å². The average molecular weight is 237 g/mol. The van der Waals surface area contributed by atoms with Crippen molar-refractivity contribution in [3.8, 4) is 0 Å². The van der Waals surface area contributed by atoms with Crippen LogP contribution in [0.15, 0.2) is 35.9 Å². The Kier molecular flexibility index (Phi) is 4.03. The van der Waals surface area contributed by atoms with Gasteiger partial charge < -0.3 is 5.11 Å². The molecule has 1 aromatic carbocycles. The highest BCUT2D eigenvalue weighted by molar-refractivity contribution is 6.31. The van der Waals surface area contributed by atoms with Gasteiger partial charge in [-0.1, -0.05) is 47.9 Å². The first-order valence-electron chi connectivity index (χ1n) is 5.87. The van der Waals surface area contributed by atoms with E-state index in [-0.39, 0.29) is 6.10 Å². The van der Waals surface area contributed by atoms with Crippen molar-refractivity contribution < 1.29 is 5.11 Å². The molecule has 0 spiro atoms. The molecule has 16 heavy (non-hydrogen) atoms. The first kappa shape index (κ1) is 11.7. The van der Waals surface area contributed by atoms with Crippen LogP contribution in [0.2, 0.25) is 5.02 Å². The molecule has 0 aliphatic heterocycles. The van der Waals surface area contributed by atoms with Crippen LogP contribution in [0.3, 0.4) is 0 Å². The Hall–Kier alpha value is -0.790. The number of benzene rings is 1. The third-order valence-corrected chi connectivity index (χ3v) is 3.42. The summed E-state index contributed by atoms with van der Waals surface area (Å²) in [6.07, 6.45) is 6.89. The molecule has 2 rings (SSSR count). The van der Waals surface area contributed by atoms with E-state index in [4.69, 9.17) is 11.6 Å². The topological polar surface area (TPSA) is 20.2 Å². The molecule has 0 radical (unpaired) electrons. The van der Waals surface area contributed by atoms with Crippen LogP contribution in [-0.4, -0.2) is 11.2 Å². The first-order chi connectivity index (χ1) is 7.75. The van der Waals surface area contributed by atoms with E-state index in [1.54, 1.807) is 0 Å². The van der Waals surface area contributed by atoms with Crippen molar-refractivity contribution >= 4 is 11.6 Å². The summed E-state index contributed by atoms with van der Waals surface area (Å²) in [4.78, 5) is 0. The number of hydrogen-bond acceptors (Lipinski definition) is 1. The van der Waals surface area contributed by atoms with Crippen LogP contribution in [0, 0.1) is 0 Å². The standard InChI is InChI=1S/C14H17ClO/c15-14-8-4-2-6-12(14)9-11-5-1-3-7-13(16)10-11/h2,4,6,8,10,13,16H,1,3,5,7,9H2. The van der Waals surface area contributed by atoms with Gasteiger partial charge in [0.25, 0.3) is 0 Å². The maximum absolute atomic E-state index is 9.70. The van der Waals surface area contributed by atoms with Gasteiger partial charge in [-0.15, -0.1) is 0 Å². The van der Waals surface area contributed by atoms with E-state index in [9.17, 15) is 5.11 Å². The van der Waals surface area contributed by atoms with E-state index in [0.29, 0.717) is 0 Å². The Bertz CT molecular complexity index is 384. The van der Waals surface area contributed by atoms with Crippen LogP contribution >= 0.6 is 11.6 Å². The minimum atomic E-state index is -0.264. The summed E-state index contributed by atoms with van der Waals surface area (Å²) in [5.41, 5.74) is 2.47. The van der Waals surface area contributed by atoms with Crippen molar-refractivity contribution in [2.45, 2.75) is 38.2 Å². The van der Waals surface area contributed by atoms with Crippen molar-refractivity contribution in [2.75, 3.05) is 0 Å². The molecule has 1 atom stereocenters. The molecule has 0 fully saturated rings. The van der Waals surface area contributed by atoms with Crippen LogP contribution in [0.4, 0.5) is 0 Å². The maximum Gasteiger partial charge on any atom is 0.0723 e. The molecule has 0 aromatic heterocycles. The fourth-order valence-corrected chi connectivity index (χ4v) is 2.38. The normalized spacial score (nSPS) is 21.4. The monoisotopic (exact) mass is 236 g/mol. The summed E-state index contributed by atoms with van der Waals surface area (Å²) in [6, 6.07) is 7.93. The second-order valence-electron chi connectivity index (χ2n) is 4.41. The van der Waals surface area contributed by atoms with E-state index in [1.165, 1.54) is 12.0 Å². The second-order valence-corrected chi connectivity index (χ2v) is 4.81. The molecule has 1 aliphatic rings. The summed E-state index contributed by atoms with van der Waals surface area (Å²) >= 11 is 6.13. The fourth-order valence-electron chi connectivity index (χ4n) is 2.18. The van der Waals surface area contributed by atoms with E-state index >= 15 is 0 Å². The summed E-state index contributed by atoms with van der Waals surface area (Å²) in [5, 5.41) is 10.5. The SMILES string of the molecule is OC1C=C(Cc2ccccc2Cl)CCCC1. The quantitative estimate of drug-likeness (QED) is 0.776. The molecule has 1 N–H and O–H groups in total. The molecule has 1 aliphatic carbocycles. The van der Waals surface area contributed by atoms with Gasteiger partial charge in [-0.25, -0.2) is 0 Å². The van der Waals surface area contributed by atoms with Crippen molar-refractivity contribution in [1.82, 2.24) is 0 Å². The Morgan fingerprint density at radius 1 is 1.25 bits per heavy atom. The lowest BCUT2D eigenvalue weighted by atomic mass is 10.0. The van der Waals surface area contributed by atoms with Gasteiger partial charge in [0.1, 0.15) is 0 Å². The van der Waals surface area contributed by atoms with E-state index in [2.05, 4.69) is 6.07 Å². The third kappa shape index (κ3) is 3.10. The summed E-state index contributed by atoms with van der Waals surface area (Å²) in [6.45, 7) is 0. The van der Waals surface area contributed by atoms with Crippen LogP contribution in [0.25, 0.3) is 0 Å². The molecular formula is C14H17ClO. The summed E-state index contributed by atoms with van der Waals surface area (Å²) < 4.78 is 0. The van der Waals surface area contributed by atoms with Gasteiger partial charge in [0.15, 0.2) is 0 Å². The Balaban J connectivity index is 2.11. The van der Waals surface area contributed by atoms with Crippen molar-refractivity contribution in [3.63, 3.8) is 0 Å². The third-order valence-electron chi connectivity index (χ3n) is 3.05. The van der Waals surface area contributed by atoms with Gasteiger partial charge in [0, 0.05) is 5.02 Å². The maximum atomic E-state index is 9.70. The predicted octanol–water partition coefficient (Wildman–Crippen LogP) is 3.74. The Morgan fingerprint density at radius 3 is 2.88 bits per heavy atom. The number of aliphatic hydroxyl groups is 1. The van der Waals surface area contributed by atoms with Gasteiger partial charge in [0.2, 0.25) is 0 Å². The number of allylic oxidation sites excluding steroid dienone is 1. The highest BCUT2D eigenvalue weighted by Gasteiger charge is 2.10. The van der Waals surface area contributed by atoms with Crippen molar-refractivity contribution in [1.29, 1.82) is 0 Å². The molecule has 0 heterocycles. The Labute approximate surface area is 102 Å². The number of halogens is 1. The van der Waals surface area contributed by atoms with Crippen LogP contribution in [0.5, 0.6) is 0 Å². The van der Waals surface area contributed by atoms with Crippen molar-refractivity contribution in [2.24, 2.45) is 0 Å². The minimum absolute atomic E-state index is 0.264. The zero-order valence-electron chi connectivity index (χ0n) is 9.32. The highest BCUT2D eigenvalue weighted by atomic mass is 35.5. The average Bonchev–Trinajstić information content (AvgIpc) is 2.46. The largest absolute Gasteiger partial charge is 0.389 e.